The molecule has 1 N–H and O–H groups in total. The van der Waals surface area contributed by atoms with Crippen LogP contribution in [0.5, 0.6) is 0 Å². The molecule has 3 aromatic heterocycles. The number of H-pyrrole nitrogens is 1. The summed E-state index contributed by atoms with van der Waals surface area (Å²) in [5, 5.41) is 7.79. The zero-order valence-electron chi connectivity index (χ0n) is 6.10. The Morgan fingerprint density at radius 2 is 2.25 bits per heavy atom. The fourth-order valence-corrected chi connectivity index (χ4v) is 1.27. The first kappa shape index (κ1) is 5.70. The van der Waals surface area contributed by atoms with Gasteiger partial charge in [0.1, 0.15) is 5.65 Å². The van der Waals surface area contributed by atoms with Gasteiger partial charge in [0.15, 0.2) is 0 Å². The van der Waals surface area contributed by atoms with Crippen LogP contribution in [0.15, 0.2) is 24.8 Å². The Bertz CT molecular complexity index is 485. The summed E-state index contributed by atoms with van der Waals surface area (Å²) in [5.41, 5.74) is 0.928. The lowest BCUT2D eigenvalue weighted by molar-refractivity contribution is 1.06. The van der Waals surface area contributed by atoms with Crippen LogP contribution in [-0.2, 0) is 0 Å². The minimum absolute atomic E-state index is 0.687. The average molecular weight is 159 g/mol. The molecule has 0 atom stereocenters. The number of fused-ring (bicyclic) bond motifs is 3. The highest BCUT2D eigenvalue weighted by Crippen LogP contribution is 2.09. The Labute approximate surface area is 67.1 Å². The van der Waals surface area contributed by atoms with Crippen LogP contribution in [0, 0.1) is 0 Å². The van der Waals surface area contributed by atoms with Crippen LogP contribution in [0.1, 0.15) is 0 Å². The van der Waals surface area contributed by atoms with Crippen molar-refractivity contribution < 1.29 is 0 Å². The van der Waals surface area contributed by atoms with E-state index >= 15 is 0 Å². The zero-order valence-corrected chi connectivity index (χ0v) is 6.10. The van der Waals surface area contributed by atoms with Gasteiger partial charge in [-0.3, -0.25) is 9.50 Å². The van der Waals surface area contributed by atoms with Crippen molar-refractivity contribution in [1.82, 2.24) is 24.6 Å². The Hall–Kier alpha value is -1.91. The van der Waals surface area contributed by atoms with Crippen LogP contribution in [-0.4, -0.2) is 24.6 Å². The Morgan fingerprint density at radius 3 is 3.25 bits per heavy atom. The number of hydrogen-bond acceptors (Lipinski definition) is 3. The molecule has 3 rings (SSSR count). The van der Waals surface area contributed by atoms with Crippen LogP contribution < -0.4 is 0 Å². The lowest BCUT2D eigenvalue weighted by atomic mass is 10.4. The maximum absolute atomic E-state index is 4.13. The first-order valence-corrected chi connectivity index (χ1v) is 3.56. The molecule has 58 valence electrons. The van der Waals surface area contributed by atoms with E-state index in [1.54, 1.807) is 18.6 Å². The van der Waals surface area contributed by atoms with Gasteiger partial charge < -0.3 is 0 Å². The molecule has 3 aromatic rings. The molecule has 0 aliphatic heterocycles. The van der Waals surface area contributed by atoms with Crippen LogP contribution in [0.4, 0.5) is 0 Å². The summed E-state index contributed by atoms with van der Waals surface area (Å²) in [4.78, 5) is 8.19. The van der Waals surface area contributed by atoms with Crippen LogP contribution in [0.3, 0.4) is 0 Å². The second-order valence-electron chi connectivity index (χ2n) is 2.53. The molecule has 0 spiro atoms. The number of rotatable bonds is 0. The van der Waals surface area contributed by atoms with E-state index in [9.17, 15) is 0 Å². The second-order valence-corrected chi connectivity index (χ2v) is 2.53. The fourth-order valence-electron chi connectivity index (χ4n) is 1.27. The first-order valence-electron chi connectivity index (χ1n) is 3.56. The average Bonchev–Trinajstić information content (AvgIpc) is 2.71. The molecule has 0 saturated heterocycles. The summed E-state index contributed by atoms with van der Waals surface area (Å²) >= 11 is 0. The summed E-state index contributed by atoms with van der Waals surface area (Å²) in [6, 6.07) is 0. The normalized spacial score (nSPS) is 11.3. The highest BCUT2D eigenvalue weighted by Gasteiger charge is 2.01. The predicted octanol–water partition coefficient (Wildman–Crippen LogP) is 0.606. The lowest BCUT2D eigenvalue weighted by Crippen LogP contribution is -1.88. The van der Waals surface area contributed by atoms with E-state index in [1.165, 1.54) is 0 Å². The van der Waals surface area contributed by atoms with E-state index < -0.39 is 0 Å². The quantitative estimate of drug-likeness (QED) is 0.522. The molecule has 5 nitrogen and oxygen atoms in total. The Morgan fingerprint density at radius 1 is 1.25 bits per heavy atom. The number of imidazole rings is 1. The molecule has 0 aromatic carbocycles. The third kappa shape index (κ3) is 0.554. The minimum atomic E-state index is 0.687. The highest BCUT2D eigenvalue weighted by molar-refractivity contribution is 5.75. The van der Waals surface area contributed by atoms with Gasteiger partial charge in [0.2, 0.25) is 5.78 Å². The first-order chi connectivity index (χ1) is 5.95. The number of nitrogens with one attached hydrogen (secondary N) is 1. The minimum Gasteiger partial charge on any atom is -0.268 e. The molecule has 3 heterocycles. The molecule has 0 unspecified atom stereocenters. The topological polar surface area (TPSA) is 58.9 Å². The summed E-state index contributed by atoms with van der Waals surface area (Å²) in [5.74, 6) is 0.687. The van der Waals surface area contributed by atoms with Crippen molar-refractivity contribution in [2.45, 2.75) is 0 Å². The molecule has 0 saturated carbocycles. The molecule has 0 bridgehead atoms. The lowest BCUT2D eigenvalue weighted by Gasteiger charge is -1.92. The van der Waals surface area contributed by atoms with Gasteiger partial charge >= 0.3 is 0 Å². The summed E-state index contributed by atoms with van der Waals surface area (Å²) in [6.45, 7) is 0. The van der Waals surface area contributed by atoms with Gasteiger partial charge in [0.25, 0.3) is 0 Å². The van der Waals surface area contributed by atoms with Gasteiger partial charge in [-0.05, 0) is 0 Å². The van der Waals surface area contributed by atoms with E-state index in [0.29, 0.717) is 5.78 Å². The largest absolute Gasteiger partial charge is 0.268 e. The van der Waals surface area contributed by atoms with Crippen LogP contribution in [0.25, 0.3) is 16.8 Å². The van der Waals surface area contributed by atoms with Gasteiger partial charge in [-0.15, -0.1) is 0 Å². The van der Waals surface area contributed by atoms with Crippen molar-refractivity contribution in [3.05, 3.63) is 24.8 Å². The van der Waals surface area contributed by atoms with Crippen molar-refractivity contribution in [1.29, 1.82) is 0 Å². The molecule has 0 radical (unpaired) electrons. The zero-order chi connectivity index (χ0) is 7.97. The molecule has 0 fully saturated rings. The maximum Gasteiger partial charge on any atom is 0.235 e. The summed E-state index contributed by atoms with van der Waals surface area (Å²) < 4.78 is 1.86. The molecule has 5 heteroatoms. The Balaban J connectivity index is 2.71. The summed E-state index contributed by atoms with van der Waals surface area (Å²) in [6.07, 6.45) is 7.05. The third-order valence-electron chi connectivity index (χ3n) is 1.83. The maximum atomic E-state index is 4.13. The summed E-state index contributed by atoms with van der Waals surface area (Å²) in [7, 11) is 0. The van der Waals surface area contributed by atoms with Gasteiger partial charge in [-0.2, -0.15) is 5.10 Å². The van der Waals surface area contributed by atoms with Crippen LogP contribution in [0.2, 0.25) is 0 Å². The second kappa shape index (κ2) is 1.82. The number of hydrogen-bond donors (Lipinski definition) is 1. The number of aromatic nitrogens is 5. The van der Waals surface area contributed by atoms with E-state index in [1.807, 2.05) is 10.6 Å². The SMILES string of the molecule is c1cn2c(n1)ncc1cn[nH]c12. The van der Waals surface area contributed by atoms with Crippen molar-refractivity contribution >= 4 is 16.8 Å². The van der Waals surface area contributed by atoms with E-state index in [0.717, 1.165) is 11.0 Å². The number of nitrogens with zero attached hydrogens (tertiary/aromatic N) is 4. The highest BCUT2D eigenvalue weighted by atomic mass is 15.2. The van der Waals surface area contributed by atoms with Gasteiger partial charge in [-0.1, -0.05) is 0 Å². The van der Waals surface area contributed by atoms with Gasteiger partial charge in [0, 0.05) is 18.6 Å². The standard InChI is InChI=1S/C7H5N5/c1-2-12-6-5(4-10-11-6)3-9-7(12)8-1/h1-4H,(H,10,11). The van der Waals surface area contributed by atoms with Gasteiger partial charge in [-0.25, -0.2) is 9.97 Å². The Kier molecular flexibility index (Phi) is 0.864. The van der Waals surface area contributed by atoms with Crippen molar-refractivity contribution in [2.24, 2.45) is 0 Å². The molecule has 12 heavy (non-hydrogen) atoms. The van der Waals surface area contributed by atoms with Crippen molar-refractivity contribution in [3.8, 4) is 0 Å². The van der Waals surface area contributed by atoms with Crippen molar-refractivity contribution in [3.63, 3.8) is 0 Å². The molecular formula is C7H5N5. The van der Waals surface area contributed by atoms with Gasteiger partial charge in [0.05, 0.1) is 11.6 Å². The fraction of sp³-hybridized carbons (Fsp3) is 0. The molecular weight excluding hydrogens is 154 g/mol. The van der Waals surface area contributed by atoms with Crippen LogP contribution >= 0.6 is 0 Å². The smallest absolute Gasteiger partial charge is 0.235 e. The monoisotopic (exact) mass is 159 g/mol. The molecule has 0 amide bonds. The molecule has 0 aliphatic rings. The van der Waals surface area contributed by atoms with Crippen molar-refractivity contribution in [2.75, 3.05) is 0 Å². The third-order valence-corrected chi connectivity index (χ3v) is 1.83. The van der Waals surface area contributed by atoms with E-state index in [2.05, 4.69) is 20.2 Å². The van der Waals surface area contributed by atoms with E-state index in [-0.39, 0.29) is 0 Å². The van der Waals surface area contributed by atoms with E-state index in [4.69, 9.17) is 0 Å². The number of aromatic amines is 1. The molecule has 0 aliphatic carbocycles. The predicted molar refractivity (Wildman–Crippen MR) is 42.6 cm³/mol.